The average Bonchev–Trinajstić information content (AvgIpc) is 3.61. The van der Waals surface area contributed by atoms with Crippen molar-refractivity contribution in [2.45, 2.75) is 59.0 Å². The number of hydrogen-bond donors (Lipinski definition) is 6. The number of fused-ring (bicyclic) bond motifs is 2. The van der Waals surface area contributed by atoms with Crippen molar-refractivity contribution in [2.75, 3.05) is 0 Å². The van der Waals surface area contributed by atoms with Gasteiger partial charge in [-0.2, -0.15) is 0 Å². The first-order valence-electron chi connectivity index (χ1n) is 13.5. The summed E-state index contributed by atoms with van der Waals surface area (Å²) in [5.74, 6) is 0.502. The number of rotatable bonds is 9. The van der Waals surface area contributed by atoms with Crippen LogP contribution in [0.4, 0.5) is 0 Å². The zero-order valence-corrected chi connectivity index (χ0v) is 22.8. The number of primary amides is 1. The van der Waals surface area contributed by atoms with Gasteiger partial charge in [-0.15, -0.1) is 0 Å². The third-order valence-electron chi connectivity index (χ3n) is 7.08. The van der Waals surface area contributed by atoms with Gasteiger partial charge in [0.05, 0.1) is 16.7 Å². The van der Waals surface area contributed by atoms with E-state index in [0.717, 1.165) is 74.4 Å². The van der Waals surface area contributed by atoms with Crippen LogP contribution in [0.5, 0.6) is 0 Å². The van der Waals surface area contributed by atoms with Gasteiger partial charge in [-0.05, 0) is 80.2 Å². The van der Waals surface area contributed by atoms with Gasteiger partial charge in [0.25, 0.3) is 0 Å². The Hall–Kier alpha value is -4.30. The molecule has 39 heavy (non-hydrogen) atoms. The Labute approximate surface area is 227 Å². The molecule has 8 nitrogen and oxygen atoms in total. The van der Waals surface area contributed by atoms with Crippen LogP contribution in [0.25, 0.3) is 34.7 Å². The van der Waals surface area contributed by atoms with Crippen molar-refractivity contribution in [3.63, 3.8) is 0 Å². The number of carbonyl (C=O) groups is 1. The Morgan fingerprint density at radius 2 is 2.00 bits per heavy atom. The van der Waals surface area contributed by atoms with E-state index in [9.17, 15) is 4.79 Å². The quantitative estimate of drug-likeness (QED) is 0.197. The largest absolute Gasteiger partial charge is 0.402 e. The van der Waals surface area contributed by atoms with Crippen LogP contribution in [0.15, 0.2) is 42.2 Å². The number of aromatic amines is 3. The second kappa shape index (κ2) is 11.2. The van der Waals surface area contributed by atoms with Crippen molar-refractivity contribution >= 4 is 40.6 Å². The number of aryl methyl sites for hydroxylation is 1. The van der Waals surface area contributed by atoms with Gasteiger partial charge >= 0.3 is 0 Å². The van der Waals surface area contributed by atoms with E-state index >= 15 is 0 Å². The molecule has 0 saturated carbocycles. The zero-order valence-electron chi connectivity index (χ0n) is 22.8. The Morgan fingerprint density at radius 3 is 2.77 bits per heavy atom. The van der Waals surface area contributed by atoms with Crippen molar-refractivity contribution in [2.24, 2.45) is 11.5 Å². The van der Waals surface area contributed by atoms with E-state index < -0.39 is 6.04 Å². The number of nitrogens with zero attached hydrogens (tertiary/aromatic N) is 1. The Bertz CT molecular complexity index is 1790. The van der Waals surface area contributed by atoms with Crippen LogP contribution in [0, 0.1) is 6.92 Å². The van der Waals surface area contributed by atoms with Crippen molar-refractivity contribution in [3.8, 4) is 0 Å². The van der Waals surface area contributed by atoms with Crippen molar-refractivity contribution < 1.29 is 4.79 Å². The van der Waals surface area contributed by atoms with E-state index in [1.807, 2.05) is 26.1 Å². The molecule has 0 spiro atoms. The molecular formula is C31H37N7O. The van der Waals surface area contributed by atoms with Crippen molar-refractivity contribution in [1.82, 2.24) is 25.3 Å². The minimum atomic E-state index is -0.466. The van der Waals surface area contributed by atoms with Crippen LogP contribution < -0.4 is 38.1 Å². The first-order valence-corrected chi connectivity index (χ1v) is 13.5. The topological polar surface area (TPSA) is 141 Å². The number of carbonyl (C=O) groups excluding carboxylic acids is 1. The predicted molar refractivity (Wildman–Crippen MR) is 158 cm³/mol. The SMILES string of the molecule is CC\C=c1/[nH]c(C)n/c1=C(/C=C(\C)N)c1cc2cc(CNC(Cc3c[nH]c4c3=CCCC=4)C(N)=O)ccc2[nH]1. The van der Waals surface area contributed by atoms with Gasteiger partial charge in [-0.25, -0.2) is 4.98 Å². The number of nitrogens with one attached hydrogen (secondary N) is 4. The Kier molecular flexibility index (Phi) is 7.56. The van der Waals surface area contributed by atoms with E-state index in [1.165, 1.54) is 5.22 Å². The number of benzene rings is 1. The summed E-state index contributed by atoms with van der Waals surface area (Å²) in [6.07, 6.45) is 14.0. The third kappa shape index (κ3) is 5.76. The molecule has 3 aromatic heterocycles. The highest BCUT2D eigenvalue weighted by Gasteiger charge is 2.18. The number of amides is 1. The highest BCUT2D eigenvalue weighted by atomic mass is 16.1. The molecule has 202 valence electrons. The van der Waals surface area contributed by atoms with Crippen LogP contribution in [0.3, 0.4) is 0 Å². The van der Waals surface area contributed by atoms with Crippen LogP contribution in [0.2, 0.25) is 0 Å². The minimum Gasteiger partial charge on any atom is -0.402 e. The lowest BCUT2D eigenvalue weighted by molar-refractivity contribution is -0.120. The molecule has 8 N–H and O–H groups in total. The van der Waals surface area contributed by atoms with Gasteiger partial charge in [0.2, 0.25) is 5.91 Å². The standard InChI is InChI=1S/C31H37N7O/c1-4-7-27-30(37-19(3)36-27)24(12-18(2)32)28-14-21-13-20(10-11-25(21)38-28)16-34-29(31(33)39)15-22-17-35-26-9-6-5-8-23(22)26/h7-14,17,29,34-35,38H,4-6,15-16,32H2,1-3H3,(H2,33,39)(H,36,37)/b18-12+,27-7-,30-24-. The number of nitrogens with two attached hydrogens (primary N) is 2. The molecule has 4 aromatic rings. The summed E-state index contributed by atoms with van der Waals surface area (Å²) in [4.78, 5) is 27.3. The van der Waals surface area contributed by atoms with Gasteiger partial charge < -0.3 is 31.7 Å². The minimum absolute atomic E-state index is 0.355. The number of aromatic nitrogens is 4. The summed E-state index contributed by atoms with van der Waals surface area (Å²) in [5.41, 5.74) is 17.7. The number of hydrogen-bond acceptors (Lipinski definition) is 4. The van der Waals surface area contributed by atoms with E-state index in [0.29, 0.717) is 18.7 Å². The van der Waals surface area contributed by atoms with Gasteiger partial charge in [-0.1, -0.05) is 31.2 Å². The number of imidazole rings is 1. The van der Waals surface area contributed by atoms with Gasteiger partial charge in [-0.3, -0.25) is 4.79 Å². The van der Waals surface area contributed by atoms with E-state index in [2.05, 4.69) is 69.7 Å². The summed E-state index contributed by atoms with van der Waals surface area (Å²) in [6, 6.07) is 7.91. The summed E-state index contributed by atoms with van der Waals surface area (Å²) in [5, 5.41) is 8.63. The molecule has 8 heteroatoms. The van der Waals surface area contributed by atoms with Gasteiger partial charge in [0, 0.05) is 46.0 Å². The zero-order chi connectivity index (χ0) is 27.5. The first-order chi connectivity index (χ1) is 18.8. The number of allylic oxidation sites excluding steroid dienone is 2. The molecule has 1 aromatic carbocycles. The Balaban J connectivity index is 1.43. The first kappa shape index (κ1) is 26.3. The maximum atomic E-state index is 12.3. The highest BCUT2D eigenvalue weighted by Crippen LogP contribution is 2.22. The second-order valence-electron chi connectivity index (χ2n) is 10.3. The summed E-state index contributed by atoms with van der Waals surface area (Å²) < 4.78 is 0. The van der Waals surface area contributed by atoms with Crippen LogP contribution in [-0.2, 0) is 17.8 Å². The lowest BCUT2D eigenvalue weighted by Crippen LogP contribution is -2.43. The molecular weight excluding hydrogens is 486 g/mol. The van der Waals surface area contributed by atoms with Crippen molar-refractivity contribution in [3.05, 3.63) is 86.1 Å². The fourth-order valence-electron chi connectivity index (χ4n) is 5.27. The molecule has 1 amide bonds. The molecule has 0 aliphatic heterocycles. The second-order valence-corrected chi connectivity index (χ2v) is 10.3. The number of H-pyrrole nitrogens is 3. The molecule has 0 fully saturated rings. The van der Waals surface area contributed by atoms with E-state index in [1.54, 1.807) is 0 Å². The molecule has 3 heterocycles. The molecule has 1 unspecified atom stereocenters. The maximum Gasteiger partial charge on any atom is 0.234 e. The normalized spacial score (nSPS) is 15.6. The molecule has 0 saturated heterocycles. The fraction of sp³-hybridized carbons (Fsp3) is 0.290. The highest BCUT2D eigenvalue weighted by molar-refractivity contribution is 5.87. The van der Waals surface area contributed by atoms with Crippen molar-refractivity contribution in [1.29, 1.82) is 0 Å². The smallest absolute Gasteiger partial charge is 0.234 e. The summed E-state index contributed by atoms with van der Waals surface area (Å²) in [7, 11) is 0. The summed E-state index contributed by atoms with van der Waals surface area (Å²) >= 11 is 0. The summed E-state index contributed by atoms with van der Waals surface area (Å²) in [6.45, 7) is 6.47. The lowest BCUT2D eigenvalue weighted by atomic mass is 10.0. The lowest BCUT2D eigenvalue weighted by Gasteiger charge is -2.15. The maximum absolute atomic E-state index is 12.3. The van der Waals surface area contributed by atoms with E-state index in [-0.39, 0.29) is 5.91 Å². The van der Waals surface area contributed by atoms with Gasteiger partial charge in [0.1, 0.15) is 5.82 Å². The predicted octanol–water partition coefficient (Wildman–Crippen LogP) is 1.32. The molecule has 1 aliphatic carbocycles. The molecule has 1 atom stereocenters. The Morgan fingerprint density at radius 1 is 1.18 bits per heavy atom. The average molecular weight is 524 g/mol. The molecule has 1 aliphatic rings. The molecule has 0 radical (unpaired) electrons. The fourth-order valence-corrected chi connectivity index (χ4v) is 5.27. The van der Waals surface area contributed by atoms with Gasteiger partial charge in [0.15, 0.2) is 0 Å². The van der Waals surface area contributed by atoms with E-state index in [4.69, 9.17) is 16.5 Å². The van der Waals surface area contributed by atoms with Crippen LogP contribution in [0.1, 0.15) is 55.8 Å². The monoisotopic (exact) mass is 523 g/mol. The van der Waals surface area contributed by atoms with Crippen LogP contribution in [-0.4, -0.2) is 31.9 Å². The molecule has 5 rings (SSSR count). The van der Waals surface area contributed by atoms with Crippen LogP contribution >= 0.6 is 0 Å². The third-order valence-corrected chi connectivity index (χ3v) is 7.08. The molecule has 0 bridgehead atoms.